The Morgan fingerprint density at radius 2 is 2.43 bits per heavy atom. The van der Waals surface area contributed by atoms with Gasteiger partial charge in [-0.1, -0.05) is 6.92 Å². The van der Waals surface area contributed by atoms with E-state index in [0.29, 0.717) is 13.2 Å². The van der Waals surface area contributed by atoms with Crippen LogP contribution < -0.4 is 10.6 Å². The first-order chi connectivity index (χ1) is 6.68. The fourth-order valence-corrected chi connectivity index (χ4v) is 1.81. The second-order valence-electron chi connectivity index (χ2n) is 3.63. The number of carbonyl (C=O) groups is 1. The Labute approximate surface area is 83.8 Å². The number of carboxylic acid groups (broad SMARTS) is 1. The molecule has 1 unspecified atom stereocenters. The molecular formula is C9H18N2O3. The van der Waals surface area contributed by atoms with Crippen molar-refractivity contribution in [2.24, 2.45) is 0 Å². The van der Waals surface area contributed by atoms with Crippen LogP contribution in [-0.4, -0.2) is 43.0 Å². The lowest BCUT2D eigenvalue weighted by Gasteiger charge is -2.37. The van der Waals surface area contributed by atoms with Crippen molar-refractivity contribution in [2.75, 3.05) is 26.3 Å². The maximum Gasteiger partial charge on any atom is 0.404 e. The molecule has 0 spiro atoms. The Kier molecular flexibility index (Phi) is 4.16. The Morgan fingerprint density at radius 3 is 2.93 bits per heavy atom. The van der Waals surface area contributed by atoms with E-state index in [0.717, 1.165) is 26.0 Å². The largest absolute Gasteiger partial charge is 0.465 e. The lowest BCUT2D eigenvalue weighted by Crippen LogP contribution is -2.58. The molecular weight excluding hydrogens is 184 g/mol. The number of nitrogens with one attached hydrogen (secondary N) is 2. The standard InChI is InChI=1S/C9H18N2O3/c1-2-11-9(6-10-8(12)13)4-3-5-14-7-9/h10-11H,2-7H2,1H3,(H,12,13). The first-order valence-electron chi connectivity index (χ1n) is 4.98. The van der Waals surface area contributed by atoms with Gasteiger partial charge in [0.2, 0.25) is 0 Å². The zero-order chi connectivity index (χ0) is 10.4. The van der Waals surface area contributed by atoms with E-state index in [1.54, 1.807) is 0 Å². The number of hydrogen-bond donors (Lipinski definition) is 3. The van der Waals surface area contributed by atoms with Gasteiger partial charge >= 0.3 is 6.09 Å². The highest BCUT2D eigenvalue weighted by atomic mass is 16.5. The zero-order valence-electron chi connectivity index (χ0n) is 8.51. The summed E-state index contributed by atoms with van der Waals surface area (Å²) in [6.45, 7) is 4.61. The van der Waals surface area contributed by atoms with Crippen molar-refractivity contribution in [3.63, 3.8) is 0 Å². The Morgan fingerprint density at radius 1 is 1.64 bits per heavy atom. The highest BCUT2D eigenvalue weighted by molar-refractivity contribution is 5.64. The average Bonchev–Trinajstić information content (AvgIpc) is 2.17. The Hall–Kier alpha value is -0.810. The summed E-state index contributed by atoms with van der Waals surface area (Å²) in [6.07, 6.45) is 0.961. The van der Waals surface area contributed by atoms with Crippen molar-refractivity contribution in [1.82, 2.24) is 10.6 Å². The van der Waals surface area contributed by atoms with Crippen molar-refractivity contribution >= 4 is 6.09 Å². The van der Waals surface area contributed by atoms with Crippen LogP contribution >= 0.6 is 0 Å². The smallest absolute Gasteiger partial charge is 0.404 e. The first-order valence-corrected chi connectivity index (χ1v) is 4.98. The number of likely N-dealkylation sites (N-methyl/N-ethyl adjacent to an activating group) is 1. The van der Waals surface area contributed by atoms with E-state index in [4.69, 9.17) is 9.84 Å². The molecule has 0 bridgehead atoms. The van der Waals surface area contributed by atoms with Gasteiger partial charge in [0.15, 0.2) is 0 Å². The first kappa shape index (κ1) is 11.3. The summed E-state index contributed by atoms with van der Waals surface area (Å²) in [4.78, 5) is 10.4. The molecule has 1 aliphatic heterocycles. The van der Waals surface area contributed by atoms with Gasteiger partial charge in [-0.15, -0.1) is 0 Å². The molecule has 5 nitrogen and oxygen atoms in total. The van der Waals surface area contributed by atoms with Crippen LogP contribution in [0.25, 0.3) is 0 Å². The van der Waals surface area contributed by atoms with E-state index in [1.165, 1.54) is 0 Å². The molecule has 82 valence electrons. The van der Waals surface area contributed by atoms with Crippen LogP contribution in [0.5, 0.6) is 0 Å². The van der Waals surface area contributed by atoms with E-state index in [9.17, 15) is 4.79 Å². The summed E-state index contributed by atoms with van der Waals surface area (Å²) in [7, 11) is 0. The number of ether oxygens (including phenoxy) is 1. The lowest BCUT2D eigenvalue weighted by atomic mass is 9.92. The summed E-state index contributed by atoms with van der Waals surface area (Å²) >= 11 is 0. The van der Waals surface area contributed by atoms with Gasteiger partial charge in [0.1, 0.15) is 0 Å². The molecule has 0 saturated carbocycles. The van der Waals surface area contributed by atoms with Gasteiger partial charge in [-0.2, -0.15) is 0 Å². The molecule has 0 radical (unpaired) electrons. The molecule has 14 heavy (non-hydrogen) atoms. The number of amides is 1. The minimum Gasteiger partial charge on any atom is -0.465 e. The normalized spacial score (nSPS) is 27.2. The molecule has 1 rings (SSSR count). The molecule has 1 saturated heterocycles. The second-order valence-corrected chi connectivity index (χ2v) is 3.63. The van der Waals surface area contributed by atoms with Crippen molar-refractivity contribution < 1.29 is 14.6 Å². The van der Waals surface area contributed by atoms with Gasteiger partial charge in [-0.05, 0) is 19.4 Å². The van der Waals surface area contributed by atoms with Gasteiger partial charge in [-0.25, -0.2) is 4.79 Å². The predicted octanol–water partition coefficient (Wildman–Crippen LogP) is 0.413. The summed E-state index contributed by atoms with van der Waals surface area (Å²) < 4.78 is 5.37. The molecule has 3 N–H and O–H groups in total. The Bertz CT molecular complexity index is 185. The fraction of sp³-hybridized carbons (Fsp3) is 0.889. The summed E-state index contributed by atoms with van der Waals surface area (Å²) in [5.41, 5.74) is -0.203. The molecule has 1 heterocycles. The summed E-state index contributed by atoms with van der Waals surface area (Å²) in [5.74, 6) is 0. The minimum atomic E-state index is -0.979. The quantitative estimate of drug-likeness (QED) is 0.617. The summed E-state index contributed by atoms with van der Waals surface area (Å²) in [5, 5.41) is 14.3. The second kappa shape index (κ2) is 5.17. The minimum absolute atomic E-state index is 0.203. The van der Waals surface area contributed by atoms with Crippen LogP contribution in [0.2, 0.25) is 0 Å². The van der Waals surface area contributed by atoms with E-state index in [2.05, 4.69) is 10.6 Å². The third-order valence-electron chi connectivity index (χ3n) is 2.45. The topological polar surface area (TPSA) is 70.6 Å². The van der Waals surface area contributed by atoms with Gasteiger partial charge in [0, 0.05) is 13.2 Å². The highest BCUT2D eigenvalue weighted by Gasteiger charge is 2.32. The Balaban J connectivity index is 2.46. The summed E-state index contributed by atoms with van der Waals surface area (Å²) in [6, 6.07) is 0. The number of hydrogen-bond acceptors (Lipinski definition) is 3. The van der Waals surface area contributed by atoms with Crippen molar-refractivity contribution in [3.05, 3.63) is 0 Å². The third kappa shape index (κ3) is 3.16. The number of rotatable bonds is 4. The molecule has 1 aliphatic rings. The van der Waals surface area contributed by atoms with Crippen molar-refractivity contribution in [1.29, 1.82) is 0 Å². The van der Waals surface area contributed by atoms with Gasteiger partial charge in [0.05, 0.1) is 12.1 Å². The van der Waals surface area contributed by atoms with E-state index in [-0.39, 0.29) is 5.54 Å². The van der Waals surface area contributed by atoms with Crippen molar-refractivity contribution in [2.45, 2.75) is 25.3 Å². The van der Waals surface area contributed by atoms with Crippen LogP contribution in [0.4, 0.5) is 4.79 Å². The van der Waals surface area contributed by atoms with Crippen LogP contribution in [0.15, 0.2) is 0 Å². The fourth-order valence-electron chi connectivity index (χ4n) is 1.81. The highest BCUT2D eigenvalue weighted by Crippen LogP contribution is 2.18. The van der Waals surface area contributed by atoms with Crippen molar-refractivity contribution in [3.8, 4) is 0 Å². The molecule has 5 heteroatoms. The maximum atomic E-state index is 10.4. The molecule has 1 fully saturated rings. The average molecular weight is 202 g/mol. The van der Waals surface area contributed by atoms with E-state index >= 15 is 0 Å². The molecule has 0 aromatic rings. The van der Waals surface area contributed by atoms with Crippen LogP contribution in [0.1, 0.15) is 19.8 Å². The lowest BCUT2D eigenvalue weighted by molar-refractivity contribution is 0.0215. The third-order valence-corrected chi connectivity index (χ3v) is 2.45. The molecule has 0 aromatic carbocycles. The van der Waals surface area contributed by atoms with Crippen LogP contribution in [-0.2, 0) is 4.74 Å². The molecule has 1 amide bonds. The predicted molar refractivity (Wildman–Crippen MR) is 52.5 cm³/mol. The van der Waals surface area contributed by atoms with E-state index < -0.39 is 6.09 Å². The van der Waals surface area contributed by atoms with Gasteiger partial charge in [-0.3, -0.25) is 0 Å². The van der Waals surface area contributed by atoms with Gasteiger partial charge in [0.25, 0.3) is 0 Å². The molecule has 0 aromatic heterocycles. The van der Waals surface area contributed by atoms with Crippen LogP contribution in [0.3, 0.4) is 0 Å². The van der Waals surface area contributed by atoms with E-state index in [1.807, 2.05) is 6.92 Å². The molecule has 1 atom stereocenters. The monoisotopic (exact) mass is 202 g/mol. The van der Waals surface area contributed by atoms with Crippen LogP contribution in [0, 0.1) is 0 Å². The van der Waals surface area contributed by atoms with Gasteiger partial charge < -0.3 is 20.5 Å². The zero-order valence-corrected chi connectivity index (χ0v) is 8.51. The maximum absolute atomic E-state index is 10.4. The SMILES string of the molecule is CCNC1(CNC(=O)O)CCCOC1. The molecule has 0 aliphatic carbocycles.